The van der Waals surface area contributed by atoms with E-state index in [1.807, 2.05) is 44.5 Å². The standard InChI is InChI=1S/C28H38N6O4S/c1-6-11-39-27-30-25(29-20-13-19(20)16-7-9-18(10-8-16)36-15(2)3)22-26(31-27)34(33-32-22)21-12-17(14-35)23-24(21)38-28(4,5)37-23/h7-10,15,17,19-21,23-24,35H,6,11-14H2,1-5H3,(H,29,30,31). The summed E-state index contributed by atoms with van der Waals surface area (Å²) in [6.07, 6.45) is 2.47. The van der Waals surface area contributed by atoms with Crippen LogP contribution >= 0.6 is 11.8 Å². The second kappa shape index (κ2) is 10.5. The molecule has 0 bridgehead atoms. The zero-order valence-electron chi connectivity index (χ0n) is 23.2. The number of aliphatic hydroxyl groups is 1. The molecule has 10 nitrogen and oxygen atoms in total. The Morgan fingerprint density at radius 2 is 1.92 bits per heavy atom. The zero-order valence-corrected chi connectivity index (χ0v) is 24.0. The van der Waals surface area contributed by atoms with Gasteiger partial charge in [0.25, 0.3) is 0 Å². The van der Waals surface area contributed by atoms with Gasteiger partial charge in [0.15, 0.2) is 27.9 Å². The maximum absolute atomic E-state index is 10.0. The Bertz CT molecular complexity index is 1320. The summed E-state index contributed by atoms with van der Waals surface area (Å²) in [6.45, 7) is 10.1. The van der Waals surface area contributed by atoms with Crippen molar-refractivity contribution in [2.24, 2.45) is 5.92 Å². The van der Waals surface area contributed by atoms with Gasteiger partial charge in [0, 0.05) is 30.2 Å². The summed E-state index contributed by atoms with van der Waals surface area (Å²) in [6, 6.07) is 8.52. The summed E-state index contributed by atoms with van der Waals surface area (Å²) in [5.74, 6) is 2.20. The summed E-state index contributed by atoms with van der Waals surface area (Å²) >= 11 is 1.64. The molecule has 39 heavy (non-hydrogen) atoms. The summed E-state index contributed by atoms with van der Waals surface area (Å²) in [5.41, 5.74) is 2.63. The maximum atomic E-state index is 10.0. The second-order valence-corrected chi connectivity index (χ2v) is 12.6. The Hall–Kier alpha value is -2.47. The molecule has 2 saturated carbocycles. The number of thioether (sulfide) groups is 1. The number of benzene rings is 1. The van der Waals surface area contributed by atoms with Gasteiger partial charge in [-0.1, -0.05) is 36.0 Å². The SMILES string of the molecule is CCCSc1nc(NC2CC2c2ccc(OC(C)C)cc2)c2nnn(C3CC(CO)C4OC(C)(C)OC43)c2n1. The molecule has 1 saturated heterocycles. The largest absolute Gasteiger partial charge is 0.491 e. The van der Waals surface area contributed by atoms with Crippen LogP contribution in [-0.2, 0) is 9.47 Å². The van der Waals surface area contributed by atoms with E-state index >= 15 is 0 Å². The lowest BCUT2D eigenvalue weighted by molar-refractivity contribution is -0.162. The van der Waals surface area contributed by atoms with Gasteiger partial charge in [-0.15, -0.1) is 5.10 Å². The van der Waals surface area contributed by atoms with E-state index < -0.39 is 5.79 Å². The van der Waals surface area contributed by atoms with Crippen LogP contribution in [0, 0.1) is 5.92 Å². The fourth-order valence-electron chi connectivity index (χ4n) is 5.83. The van der Waals surface area contributed by atoms with Crippen LogP contribution in [0.1, 0.15) is 71.4 Å². The number of hydrogen-bond donors (Lipinski definition) is 2. The highest BCUT2D eigenvalue weighted by Gasteiger charge is 2.55. The first-order valence-corrected chi connectivity index (χ1v) is 15.0. The van der Waals surface area contributed by atoms with E-state index in [4.69, 9.17) is 24.2 Å². The molecular formula is C28H38N6O4S. The van der Waals surface area contributed by atoms with Crippen LogP contribution in [-0.4, -0.2) is 72.6 Å². The van der Waals surface area contributed by atoms with E-state index in [9.17, 15) is 5.11 Å². The highest BCUT2D eigenvalue weighted by Crippen LogP contribution is 2.48. The quantitative estimate of drug-likeness (QED) is 0.273. The Balaban J connectivity index is 1.27. The van der Waals surface area contributed by atoms with Crippen molar-refractivity contribution in [3.8, 4) is 5.75 Å². The number of aliphatic hydroxyl groups excluding tert-OH is 1. The van der Waals surface area contributed by atoms with E-state index in [0.717, 1.165) is 24.3 Å². The number of nitrogens with zero attached hydrogens (tertiary/aromatic N) is 5. The van der Waals surface area contributed by atoms with Gasteiger partial charge in [-0.3, -0.25) is 0 Å². The van der Waals surface area contributed by atoms with E-state index in [0.29, 0.717) is 34.5 Å². The monoisotopic (exact) mass is 554 g/mol. The zero-order chi connectivity index (χ0) is 27.3. The molecule has 0 spiro atoms. The molecule has 0 amide bonds. The van der Waals surface area contributed by atoms with Crippen molar-refractivity contribution in [1.29, 1.82) is 0 Å². The first-order valence-electron chi connectivity index (χ1n) is 14.0. The third-order valence-corrected chi connectivity index (χ3v) is 8.68. The topological polar surface area (TPSA) is 116 Å². The van der Waals surface area contributed by atoms with Gasteiger partial charge in [-0.05, 0) is 64.7 Å². The Labute approximate surface area is 233 Å². The average molecular weight is 555 g/mol. The molecule has 1 aromatic carbocycles. The van der Waals surface area contributed by atoms with Crippen LogP contribution in [0.25, 0.3) is 11.2 Å². The molecular weight excluding hydrogens is 516 g/mol. The predicted molar refractivity (Wildman–Crippen MR) is 149 cm³/mol. The fourth-order valence-corrected chi connectivity index (χ4v) is 6.53. The van der Waals surface area contributed by atoms with Gasteiger partial charge >= 0.3 is 0 Å². The number of nitrogens with one attached hydrogen (secondary N) is 1. The van der Waals surface area contributed by atoms with Crippen LogP contribution in [0.2, 0.25) is 0 Å². The van der Waals surface area contributed by atoms with Crippen LogP contribution < -0.4 is 10.1 Å². The lowest BCUT2D eigenvalue weighted by Gasteiger charge is -2.23. The lowest BCUT2D eigenvalue weighted by atomic mass is 10.1. The van der Waals surface area contributed by atoms with Crippen molar-refractivity contribution in [2.45, 2.75) is 101 Å². The van der Waals surface area contributed by atoms with E-state index in [2.05, 4.69) is 34.7 Å². The van der Waals surface area contributed by atoms with Gasteiger partial charge in [0.2, 0.25) is 0 Å². The minimum Gasteiger partial charge on any atom is -0.491 e. The molecule has 6 atom stereocenters. The third-order valence-electron chi connectivity index (χ3n) is 7.63. The molecule has 0 radical (unpaired) electrons. The lowest BCUT2D eigenvalue weighted by Crippen LogP contribution is -2.28. The summed E-state index contributed by atoms with van der Waals surface area (Å²) in [5, 5.41) is 23.5. The first kappa shape index (κ1) is 26.7. The maximum Gasteiger partial charge on any atom is 0.191 e. The Morgan fingerprint density at radius 1 is 1.15 bits per heavy atom. The number of fused-ring (bicyclic) bond motifs is 2. The molecule has 3 fully saturated rings. The Morgan fingerprint density at radius 3 is 2.64 bits per heavy atom. The van der Waals surface area contributed by atoms with Crippen molar-refractivity contribution in [1.82, 2.24) is 25.0 Å². The van der Waals surface area contributed by atoms with Crippen LogP contribution in [0.4, 0.5) is 5.82 Å². The highest BCUT2D eigenvalue weighted by molar-refractivity contribution is 7.99. The van der Waals surface area contributed by atoms with Crippen molar-refractivity contribution in [3.05, 3.63) is 29.8 Å². The van der Waals surface area contributed by atoms with Crippen molar-refractivity contribution in [3.63, 3.8) is 0 Å². The molecule has 6 rings (SSSR count). The summed E-state index contributed by atoms with van der Waals surface area (Å²) in [7, 11) is 0. The molecule has 3 aromatic rings. The number of hydrogen-bond acceptors (Lipinski definition) is 10. The summed E-state index contributed by atoms with van der Waals surface area (Å²) < 4.78 is 20.1. The number of ether oxygens (including phenoxy) is 3. The van der Waals surface area contributed by atoms with Gasteiger partial charge in [0.1, 0.15) is 11.9 Å². The van der Waals surface area contributed by atoms with E-state index in [-0.39, 0.29) is 42.9 Å². The number of aromatic nitrogens is 5. The van der Waals surface area contributed by atoms with Crippen LogP contribution in [0.5, 0.6) is 5.75 Å². The molecule has 2 aromatic heterocycles. The highest BCUT2D eigenvalue weighted by atomic mass is 32.2. The van der Waals surface area contributed by atoms with Gasteiger partial charge in [0.05, 0.1) is 18.2 Å². The molecule has 1 aliphatic heterocycles. The molecule has 6 unspecified atom stereocenters. The van der Waals surface area contributed by atoms with Crippen LogP contribution in [0.3, 0.4) is 0 Å². The van der Waals surface area contributed by atoms with Crippen molar-refractivity contribution < 1.29 is 19.3 Å². The predicted octanol–water partition coefficient (Wildman–Crippen LogP) is 4.55. The van der Waals surface area contributed by atoms with Gasteiger partial charge < -0.3 is 24.6 Å². The Kier molecular flexibility index (Phi) is 7.20. The van der Waals surface area contributed by atoms with Gasteiger partial charge in [-0.2, -0.15) is 0 Å². The molecule has 2 N–H and O–H groups in total. The summed E-state index contributed by atoms with van der Waals surface area (Å²) in [4.78, 5) is 9.76. The molecule has 210 valence electrons. The van der Waals surface area contributed by atoms with Crippen molar-refractivity contribution in [2.75, 3.05) is 17.7 Å². The van der Waals surface area contributed by atoms with Gasteiger partial charge in [-0.25, -0.2) is 14.6 Å². The number of anilines is 1. The fraction of sp³-hybridized carbons (Fsp3) is 0.643. The minimum atomic E-state index is -0.707. The third kappa shape index (κ3) is 5.33. The first-order chi connectivity index (χ1) is 18.8. The molecule has 2 aliphatic carbocycles. The molecule has 3 aliphatic rings. The minimum absolute atomic E-state index is 0.0288. The normalized spacial score (nSPS) is 29.2. The second-order valence-electron chi connectivity index (χ2n) is 11.5. The molecule has 11 heteroatoms. The molecule has 3 heterocycles. The van der Waals surface area contributed by atoms with E-state index in [1.54, 1.807) is 11.8 Å². The van der Waals surface area contributed by atoms with E-state index in [1.165, 1.54) is 5.56 Å². The van der Waals surface area contributed by atoms with Crippen molar-refractivity contribution >= 4 is 28.7 Å². The number of rotatable bonds is 10. The average Bonchev–Trinajstić information content (AvgIpc) is 3.22. The smallest absolute Gasteiger partial charge is 0.191 e. The van der Waals surface area contributed by atoms with Crippen LogP contribution in [0.15, 0.2) is 29.4 Å².